The quantitative estimate of drug-likeness (QED) is 0.579. The number of rotatable bonds is 7. The molecule has 1 aliphatic carbocycles. The molecule has 0 bridgehead atoms. The Bertz CT molecular complexity index is 1030. The summed E-state index contributed by atoms with van der Waals surface area (Å²) < 4.78 is 39.6. The third-order valence-corrected chi connectivity index (χ3v) is 6.92. The fourth-order valence-corrected chi connectivity index (χ4v) is 5.39. The minimum Gasteiger partial charge on any atom is -0.495 e. The van der Waals surface area contributed by atoms with Crippen molar-refractivity contribution in [1.82, 2.24) is 4.72 Å². The topological polar surface area (TPSA) is 102 Å². The summed E-state index contributed by atoms with van der Waals surface area (Å²) >= 11 is 12.2. The highest BCUT2D eigenvalue weighted by Gasteiger charge is 2.26. The second-order valence-corrected chi connectivity index (χ2v) is 9.44. The number of hydrogen-bond acceptors (Lipinski definition) is 5. The molecule has 0 aromatic heterocycles. The molecule has 2 aromatic carbocycles. The molecule has 0 heterocycles. The lowest BCUT2D eigenvalue weighted by Crippen LogP contribution is -2.36. The zero-order chi connectivity index (χ0) is 21.9. The van der Waals surface area contributed by atoms with Crippen LogP contribution in [0.5, 0.6) is 17.2 Å². The maximum atomic E-state index is 13.0. The van der Waals surface area contributed by atoms with Gasteiger partial charge in [-0.1, -0.05) is 42.5 Å². The van der Waals surface area contributed by atoms with Crippen molar-refractivity contribution in [2.24, 2.45) is 0 Å². The highest BCUT2D eigenvalue weighted by molar-refractivity contribution is 7.89. The molecule has 3 rings (SSSR count). The molecule has 0 atom stereocenters. The predicted molar refractivity (Wildman–Crippen MR) is 114 cm³/mol. The van der Waals surface area contributed by atoms with Crippen molar-refractivity contribution in [2.75, 3.05) is 7.11 Å². The third kappa shape index (κ3) is 5.18. The molecule has 1 fully saturated rings. The molecule has 0 saturated heterocycles. The van der Waals surface area contributed by atoms with Crippen molar-refractivity contribution >= 4 is 39.2 Å². The molecule has 162 valence electrons. The van der Waals surface area contributed by atoms with E-state index in [1.54, 1.807) is 0 Å². The second-order valence-electron chi connectivity index (χ2n) is 6.95. The van der Waals surface area contributed by atoms with Crippen LogP contribution in [0.25, 0.3) is 0 Å². The van der Waals surface area contributed by atoms with Crippen molar-refractivity contribution in [2.45, 2.75) is 43.0 Å². The fraction of sp³-hybridized carbons (Fsp3) is 0.350. The average Bonchev–Trinajstić information content (AvgIpc) is 2.70. The number of benzene rings is 2. The van der Waals surface area contributed by atoms with E-state index in [1.165, 1.54) is 37.4 Å². The number of nitrogens with one attached hydrogen (secondary N) is 1. The summed E-state index contributed by atoms with van der Waals surface area (Å²) in [5, 5.41) is 9.06. The fourth-order valence-electron chi connectivity index (χ4n) is 3.33. The summed E-state index contributed by atoms with van der Waals surface area (Å²) in [5.74, 6) is -0.829. The number of carboxylic acid groups (broad SMARTS) is 1. The first-order valence-electron chi connectivity index (χ1n) is 9.32. The minimum atomic E-state index is -3.85. The molecule has 30 heavy (non-hydrogen) atoms. The van der Waals surface area contributed by atoms with Crippen LogP contribution in [-0.2, 0) is 10.0 Å². The number of carbonyl (C=O) groups is 1. The number of hydrogen-bond donors (Lipinski definition) is 2. The van der Waals surface area contributed by atoms with Gasteiger partial charge in [-0.3, -0.25) is 0 Å². The standard InChI is InChI=1S/C20H21Cl2NO6S/c1-28-17-8-7-14(29-19-15(21)9-12(20(24)25)10-16(19)22)11-18(17)30(26,27)23-13-5-3-2-4-6-13/h7-11,13,23H,2-6H2,1H3,(H,24,25). The minimum absolute atomic E-state index is 0.0135. The predicted octanol–water partition coefficient (Wildman–Crippen LogP) is 5.10. The van der Waals surface area contributed by atoms with Gasteiger partial charge in [0.05, 0.1) is 22.7 Å². The van der Waals surface area contributed by atoms with E-state index in [0.717, 1.165) is 32.1 Å². The molecule has 7 nitrogen and oxygen atoms in total. The van der Waals surface area contributed by atoms with E-state index < -0.39 is 16.0 Å². The second kappa shape index (κ2) is 9.43. The largest absolute Gasteiger partial charge is 0.495 e. The molecule has 0 radical (unpaired) electrons. The summed E-state index contributed by atoms with van der Waals surface area (Å²) in [4.78, 5) is 11.1. The molecule has 0 unspecified atom stereocenters. The maximum absolute atomic E-state index is 13.0. The Kier molecular flexibility index (Phi) is 7.13. The van der Waals surface area contributed by atoms with Crippen LogP contribution in [0.3, 0.4) is 0 Å². The van der Waals surface area contributed by atoms with Crippen LogP contribution in [-0.4, -0.2) is 32.6 Å². The van der Waals surface area contributed by atoms with Gasteiger partial charge in [0.15, 0.2) is 5.75 Å². The van der Waals surface area contributed by atoms with E-state index >= 15 is 0 Å². The van der Waals surface area contributed by atoms with Crippen molar-refractivity contribution in [3.8, 4) is 17.2 Å². The summed E-state index contributed by atoms with van der Waals surface area (Å²) in [6, 6.07) is 6.59. The maximum Gasteiger partial charge on any atom is 0.335 e. The van der Waals surface area contributed by atoms with E-state index in [-0.39, 0.29) is 43.8 Å². The van der Waals surface area contributed by atoms with E-state index in [9.17, 15) is 13.2 Å². The third-order valence-electron chi connectivity index (χ3n) is 4.82. The van der Waals surface area contributed by atoms with Gasteiger partial charge >= 0.3 is 5.97 Å². The van der Waals surface area contributed by atoms with Gasteiger partial charge in [0.1, 0.15) is 16.4 Å². The molecule has 2 N–H and O–H groups in total. The van der Waals surface area contributed by atoms with Gasteiger partial charge in [0.25, 0.3) is 0 Å². The molecular weight excluding hydrogens is 453 g/mol. The smallest absolute Gasteiger partial charge is 0.335 e. The number of ether oxygens (including phenoxy) is 2. The van der Waals surface area contributed by atoms with Crippen LogP contribution in [0.4, 0.5) is 0 Å². The Balaban J connectivity index is 1.92. The van der Waals surface area contributed by atoms with Crippen molar-refractivity contribution < 1.29 is 27.8 Å². The molecule has 0 amide bonds. The van der Waals surface area contributed by atoms with Gasteiger partial charge in [-0.15, -0.1) is 0 Å². The van der Waals surface area contributed by atoms with Gasteiger partial charge in [0, 0.05) is 12.1 Å². The van der Waals surface area contributed by atoms with Crippen molar-refractivity contribution in [1.29, 1.82) is 0 Å². The average molecular weight is 474 g/mol. The number of carboxylic acids is 1. The number of halogens is 2. The van der Waals surface area contributed by atoms with E-state index in [1.807, 2.05) is 0 Å². The zero-order valence-electron chi connectivity index (χ0n) is 16.2. The Morgan fingerprint density at radius 3 is 2.30 bits per heavy atom. The summed E-state index contributed by atoms with van der Waals surface area (Å²) in [5.41, 5.74) is -0.0907. The van der Waals surface area contributed by atoms with E-state index in [2.05, 4.69) is 4.72 Å². The monoisotopic (exact) mass is 473 g/mol. The highest BCUT2D eigenvalue weighted by Crippen LogP contribution is 2.39. The Labute approximate surface area is 185 Å². The lowest BCUT2D eigenvalue weighted by atomic mass is 9.96. The van der Waals surface area contributed by atoms with Gasteiger partial charge in [-0.2, -0.15) is 0 Å². The molecule has 0 aliphatic heterocycles. The summed E-state index contributed by atoms with van der Waals surface area (Å²) in [7, 11) is -2.47. The molecule has 0 spiro atoms. The SMILES string of the molecule is COc1ccc(Oc2c(Cl)cc(C(=O)O)cc2Cl)cc1S(=O)(=O)NC1CCCCC1. The lowest BCUT2D eigenvalue weighted by molar-refractivity contribution is 0.0697. The van der Waals surface area contributed by atoms with Crippen molar-refractivity contribution in [3.05, 3.63) is 45.9 Å². The first kappa shape index (κ1) is 22.7. The number of methoxy groups -OCH3 is 1. The number of aromatic carboxylic acids is 1. The molecule has 2 aromatic rings. The van der Waals surface area contributed by atoms with Gasteiger partial charge in [-0.05, 0) is 37.1 Å². The Morgan fingerprint density at radius 2 is 1.73 bits per heavy atom. The summed E-state index contributed by atoms with van der Waals surface area (Å²) in [6.07, 6.45) is 4.65. The van der Waals surface area contributed by atoms with Crippen LogP contribution >= 0.6 is 23.2 Å². The normalized spacial score (nSPS) is 15.0. The molecule has 1 saturated carbocycles. The summed E-state index contributed by atoms with van der Waals surface area (Å²) in [6.45, 7) is 0. The van der Waals surface area contributed by atoms with Crippen LogP contribution in [0, 0.1) is 0 Å². The first-order valence-corrected chi connectivity index (χ1v) is 11.6. The van der Waals surface area contributed by atoms with E-state index in [0.29, 0.717) is 0 Å². The zero-order valence-corrected chi connectivity index (χ0v) is 18.5. The highest BCUT2D eigenvalue weighted by atomic mass is 35.5. The van der Waals surface area contributed by atoms with E-state index in [4.69, 9.17) is 37.8 Å². The first-order chi connectivity index (χ1) is 14.2. The Hall–Kier alpha value is -2.00. The molecular formula is C20H21Cl2NO6S. The Morgan fingerprint density at radius 1 is 1.10 bits per heavy atom. The lowest BCUT2D eigenvalue weighted by Gasteiger charge is -2.23. The van der Waals surface area contributed by atoms with Crippen LogP contribution in [0.2, 0.25) is 10.0 Å². The van der Waals surface area contributed by atoms with Gasteiger partial charge < -0.3 is 14.6 Å². The molecule has 1 aliphatic rings. The van der Waals surface area contributed by atoms with Crippen LogP contribution in [0.15, 0.2) is 35.2 Å². The van der Waals surface area contributed by atoms with Gasteiger partial charge in [0.2, 0.25) is 10.0 Å². The number of sulfonamides is 1. The van der Waals surface area contributed by atoms with Crippen LogP contribution < -0.4 is 14.2 Å². The van der Waals surface area contributed by atoms with Crippen LogP contribution in [0.1, 0.15) is 42.5 Å². The van der Waals surface area contributed by atoms with Gasteiger partial charge in [-0.25, -0.2) is 17.9 Å². The molecule has 10 heteroatoms. The van der Waals surface area contributed by atoms with Crippen molar-refractivity contribution in [3.63, 3.8) is 0 Å².